The van der Waals surface area contributed by atoms with Crippen molar-refractivity contribution >= 4 is 46.4 Å². The summed E-state index contributed by atoms with van der Waals surface area (Å²) in [5.41, 5.74) is 2.49. The third-order valence-electron chi connectivity index (χ3n) is 4.45. The number of aliphatic imine (C=N–C) groups is 1. The molecule has 3 rings (SSSR count). The number of hydrogen-bond donors (Lipinski definition) is 2. The molecule has 2 aromatic rings. The SMILES string of the molecule is CCNC(=NCCc1csc(N2CCCC2)n1)NCCc1ccccc1.I. The lowest BCUT2D eigenvalue weighted by atomic mass is 10.1. The van der Waals surface area contributed by atoms with Crippen LogP contribution in [0, 0.1) is 0 Å². The van der Waals surface area contributed by atoms with Gasteiger partial charge in [-0.3, -0.25) is 4.99 Å². The second kappa shape index (κ2) is 12.2. The van der Waals surface area contributed by atoms with E-state index < -0.39 is 0 Å². The predicted molar refractivity (Wildman–Crippen MR) is 127 cm³/mol. The normalized spacial score (nSPS) is 14.1. The van der Waals surface area contributed by atoms with Gasteiger partial charge in [0, 0.05) is 44.5 Å². The highest BCUT2D eigenvalue weighted by molar-refractivity contribution is 14.0. The van der Waals surface area contributed by atoms with E-state index in [9.17, 15) is 0 Å². The number of anilines is 1. The molecule has 0 aliphatic carbocycles. The van der Waals surface area contributed by atoms with Gasteiger partial charge in [-0.2, -0.15) is 0 Å². The summed E-state index contributed by atoms with van der Waals surface area (Å²) >= 11 is 1.76. The first kappa shape index (κ1) is 21.9. The molecule has 1 fully saturated rings. The molecule has 0 radical (unpaired) electrons. The van der Waals surface area contributed by atoms with Crippen LogP contribution in [0.25, 0.3) is 0 Å². The largest absolute Gasteiger partial charge is 0.357 e. The Kier molecular flexibility index (Phi) is 9.90. The van der Waals surface area contributed by atoms with Crippen LogP contribution in [0.1, 0.15) is 31.0 Å². The summed E-state index contributed by atoms with van der Waals surface area (Å²) in [6.07, 6.45) is 4.47. The average Bonchev–Trinajstić information content (AvgIpc) is 3.34. The third-order valence-corrected chi connectivity index (χ3v) is 5.40. The Hall–Kier alpha value is -1.35. The average molecular weight is 499 g/mol. The zero-order chi connectivity index (χ0) is 18.0. The molecule has 7 heteroatoms. The second-order valence-corrected chi connectivity index (χ2v) is 7.33. The molecule has 0 amide bonds. The van der Waals surface area contributed by atoms with E-state index in [1.54, 1.807) is 11.3 Å². The van der Waals surface area contributed by atoms with Crippen molar-refractivity contribution in [3.8, 4) is 0 Å². The topological polar surface area (TPSA) is 52.6 Å². The number of thiazole rings is 1. The van der Waals surface area contributed by atoms with Gasteiger partial charge in [0.15, 0.2) is 11.1 Å². The molecule has 0 atom stereocenters. The van der Waals surface area contributed by atoms with Gasteiger partial charge in [0.05, 0.1) is 5.69 Å². The first-order valence-corrected chi connectivity index (χ1v) is 10.5. The lowest BCUT2D eigenvalue weighted by Gasteiger charge is -2.12. The van der Waals surface area contributed by atoms with Crippen molar-refractivity contribution in [2.75, 3.05) is 37.6 Å². The number of guanidine groups is 1. The Morgan fingerprint density at radius 2 is 1.93 bits per heavy atom. The van der Waals surface area contributed by atoms with Crippen molar-refractivity contribution < 1.29 is 0 Å². The Balaban J connectivity index is 0.00000261. The summed E-state index contributed by atoms with van der Waals surface area (Å²) in [6.45, 7) is 6.90. The number of rotatable bonds is 8. The van der Waals surface area contributed by atoms with Gasteiger partial charge in [-0.05, 0) is 31.7 Å². The molecule has 1 aliphatic heterocycles. The number of halogens is 1. The maximum atomic E-state index is 4.77. The summed E-state index contributed by atoms with van der Waals surface area (Å²) in [4.78, 5) is 11.9. The minimum absolute atomic E-state index is 0. The molecule has 0 saturated carbocycles. The highest BCUT2D eigenvalue weighted by atomic mass is 127. The Labute approximate surface area is 183 Å². The standard InChI is InChI=1S/C20H29N5S.HI/c1-2-21-19(22-12-10-17-8-4-3-5-9-17)23-13-11-18-16-26-20(24-18)25-14-6-7-15-25;/h3-5,8-9,16H,2,6-7,10-15H2,1H3,(H2,21,22,23);1H. The van der Waals surface area contributed by atoms with E-state index >= 15 is 0 Å². The summed E-state index contributed by atoms with van der Waals surface area (Å²) < 4.78 is 0. The summed E-state index contributed by atoms with van der Waals surface area (Å²) in [5.74, 6) is 0.887. The van der Waals surface area contributed by atoms with Crippen molar-refractivity contribution in [3.63, 3.8) is 0 Å². The van der Waals surface area contributed by atoms with Crippen molar-refractivity contribution in [1.29, 1.82) is 0 Å². The van der Waals surface area contributed by atoms with Crippen molar-refractivity contribution in [2.45, 2.75) is 32.6 Å². The van der Waals surface area contributed by atoms with Crippen LogP contribution >= 0.6 is 35.3 Å². The van der Waals surface area contributed by atoms with Crippen LogP contribution in [0.15, 0.2) is 40.7 Å². The van der Waals surface area contributed by atoms with Crippen LogP contribution in [-0.4, -0.2) is 43.7 Å². The molecule has 1 aromatic heterocycles. The van der Waals surface area contributed by atoms with Crippen LogP contribution in [0.3, 0.4) is 0 Å². The zero-order valence-electron chi connectivity index (χ0n) is 16.0. The Morgan fingerprint density at radius 3 is 2.67 bits per heavy atom. The van der Waals surface area contributed by atoms with E-state index in [2.05, 4.69) is 58.2 Å². The molecule has 27 heavy (non-hydrogen) atoms. The summed E-state index contributed by atoms with van der Waals surface area (Å²) in [6, 6.07) is 10.5. The molecule has 2 N–H and O–H groups in total. The van der Waals surface area contributed by atoms with Crippen LogP contribution in [-0.2, 0) is 12.8 Å². The number of benzene rings is 1. The molecule has 2 heterocycles. The maximum Gasteiger partial charge on any atom is 0.191 e. The molecular weight excluding hydrogens is 469 g/mol. The predicted octanol–water partition coefficient (Wildman–Crippen LogP) is 3.70. The quantitative estimate of drug-likeness (QED) is 0.331. The molecule has 0 bridgehead atoms. The minimum atomic E-state index is 0. The molecule has 0 spiro atoms. The molecule has 1 aromatic carbocycles. The first-order chi connectivity index (χ1) is 12.8. The lowest BCUT2D eigenvalue weighted by Crippen LogP contribution is -2.38. The summed E-state index contributed by atoms with van der Waals surface area (Å²) in [7, 11) is 0. The van der Waals surface area contributed by atoms with E-state index in [1.165, 1.54) is 23.5 Å². The van der Waals surface area contributed by atoms with Crippen LogP contribution in [0.4, 0.5) is 5.13 Å². The highest BCUT2D eigenvalue weighted by Crippen LogP contribution is 2.24. The molecule has 0 unspecified atom stereocenters. The van der Waals surface area contributed by atoms with Crippen molar-refractivity contribution in [1.82, 2.24) is 15.6 Å². The fraction of sp³-hybridized carbons (Fsp3) is 0.500. The van der Waals surface area contributed by atoms with Crippen molar-refractivity contribution in [3.05, 3.63) is 47.0 Å². The molecule has 1 saturated heterocycles. The van der Waals surface area contributed by atoms with Gasteiger partial charge in [-0.15, -0.1) is 35.3 Å². The van der Waals surface area contributed by atoms with E-state index in [4.69, 9.17) is 9.98 Å². The van der Waals surface area contributed by atoms with E-state index in [0.717, 1.165) is 57.2 Å². The van der Waals surface area contributed by atoms with E-state index in [0.29, 0.717) is 0 Å². The van der Waals surface area contributed by atoms with Gasteiger partial charge in [0.2, 0.25) is 0 Å². The van der Waals surface area contributed by atoms with Crippen LogP contribution in [0.2, 0.25) is 0 Å². The number of aromatic nitrogens is 1. The fourth-order valence-corrected chi connectivity index (χ4v) is 3.97. The zero-order valence-corrected chi connectivity index (χ0v) is 19.1. The van der Waals surface area contributed by atoms with Gasteiger partial charge in [-0.1, -0.05) is 30.3 Å². The van der Waals surface area contributed by atoms with Crippen LogP contribution in [0.5, 0.6) is 0 Å². The minimum Gasteiger partial charge on any atom is -0.357 e. The van der Waals surface area contributed by atoms with Gasteiger partial charge in [0.1, 0.15) is 0 Å². The van der Waals surface area contributed by atoms with Gasteiger partial charge >= 0.3 is 0 Å². The Morgan fingerprint density at radius 1 is 1.15 bits per heavy atom. The van der Waals surface area contributed by atoms with E-state index in [-0.39, 0.29) is 24.0 Å². The molecule has 148 valence electrons. The lowest BCUT2D eigenvalue weighted by molar-refractivity contribution is 0.794. The smallest absolute Gasteiger partial charge is 0.191 e. The summed E-state index contributed by atoms with van der Waals surface area (Å²) in [5, 5.41) is 10.1. The van der Waals surface area contributed by atoms with E-state index in [1.807, 2.05) is 0 Å². The maximum absolute atomic E-state index is 4.77. The van der Waals surface area contributed by atoms with Crippen molar-refractivity contribution in [2.24, 2.45) is 4.99 Å². The number of hydrogen-bond acceptors (Lipinski definition) is 4. The second-order valence-electron chi connectivity index (χ2n) is 6.49. The number of nitrogens with zero attached hydrogens (tertiary/aromatic N) is 3. The molecular formula is C20H30IN5S. The van der Waals surface area contributed by atoms with Gasteiger partial charge in [-0.25, -0.2) is 4.98 Å². The highest BCUT2D eigenvalue weighted by Gasteiger charge is 2.15. The number of nitrogens with one attached hydrogen (secondary N) is 2. The van der Waals surface area contributed by atoms with Gasteiger partial charge in [0.25, 0.3) is 0 Å². The third kappa shape index (κ3) is 7.29. The monoisotopic (exact) mass is 499 g/mol. The first-order valence-electron chi connectivity index (χ1n) is 9.60. The molecule has 5 nitrogen and oxygen atoms in total. The van der Waals surface area contributed by atoms with Gasteiger partial charge < -0.3 is 15.5 Å². The Bertz CT molecular complexity index is 683. The fourth-order valence-electron chi connectivity index (χ4n) is 3.06. The van der Waals surface area contributed by atoms with Crippen LogP contribution < -0.4 is 15.5 Å². The molecule has 1 aliphatic rings.